The largest absolute Gasteiger partial charge is 0.478 e. The van der Waals surface area contributed by atoms with Crippen molar-refractivity contribution in [2.45, 2.75) is 59.9 Å². The van der Waals surface area contributed by atoms with Gasteiger partial charge in [0, 0.05) is 156 Å². The number of anilines is 4. The first kappa shape index (κ1) is 85.9. The molecule has 4 heterocycles. The highest BCUT2D eigenvalue weighted by atomic mass is 35.7. The first-order valence-corrected chi connectivity index (χ1v) is 37.1. The third-order valence-electron chi connectivity index (χ3n) is 16.4. The van der Waals surface area contributed by atoms with E-state index in [9.17, 15) is 53.6 Å². The summed E-state index contributed by atoms with van der Waals surface area (Å²) < 4.78 is 127. The van der Waals surface area contributed by atoms with Gasteiger partial charge in [-0.2, -0.15) is 0 Å². The van der Waals surface area contributed by atoms with Crippen LogP contribution in [0.4, 0.5) is 40.3 Å². The number of nitrogens with zero attached hydrogens (tertiary/aromatic N) is 3. The molecule has 0 aliphatic carbocycles. The number of nitrogen functional groups attached to an aromatic ring is 3. The third-order valence-corrected chi connectivity index (χ3v) is 19.9. The molecule has 33 heteroatoms. The van der Waals surface area contributed by atoms with E-state index in [1.165, 1.54) is 61.0 Å². The molecule has 4 aliphatic rings. The fraction of sp³-hybridized carbons (Fsp3) is 0.278. The molecule has 4 saturated heterocycles. The van der Waals surface area contributed by atoms with Crippen molar-refractivity contribution in [3.63, 3.8) is 0 Å². The van der Waals surface area contributed by atoms with E-state index in [2.05, 4.69) is 10.0 Å². The Balaban J connectivity index is 0.000000210. The van der Waals surface area contributed by atoms with Crippen LogP contribution in [0.15, 0.2) is 168 Å². The molecule has 12 rings (SSSR count). The van der Waals surface area contributed by atoms with Crippen molar-refractivity contribution >= 4 is 135 Å². The Bertz CT molecular complexity index is 4530. The molecule has 105 heavy (non-hydrogen) atoms. The monoisotopic (exact) mass is 1610 g/mol. The minimum atomic E-state index is -4.36. The molecular formula is C72H76Cl6F4N8O13S2. The molecule has 3 amide bonds. The van der Waals surface area contributed by atoms with Crippen LogP contribution in [-0.2, 0) is 38.0 Å². The second-order valence-electron chi connectivity index (χ2n) is 23.7. The van der Waals surface area contributed by atoms with Crippen LogP contribution < -0.4 is 27.2 Å². The number of halogens is 10. The number of likely N-dealkylation sites (tertiary alicyclic amines) is 3. The molecule has 8 aromatic rings. The van der Waals surface area contributed by atoms with Gasteiger partial charge >= 0.3 is 5.97 Å². The standard InChI is InChI=1S/C24H21ClF2N2O4S.C12H13Cl2NO4S.C12H15ClN2O2.C12H9F2N.C7H6ClNO2.C5H11NO.ClH/c1-33-18-7-8-29(14-18)24(30)16-9-17(25)11-19(10-16)34(31,32)28-23-12-20(21(26)13-22(23)27)15-5-3-2-4-6-15;1-19-10-2-3-15(7-10)12(16)8-4-9(13)6-11(5-8)20(14,17)18;1-17-11-2-3-15(7-11)12(16)8-4-9(13)6-10(14)5-8;13-10-7-11(14)12(15)6-9(10)8-4-2-1-3-5-8;8-5-1-4(7(10)11)2-6(9)3-5;1-7-5-2-3-6-4-5;/h2-6,9-13,18,28H,7-8,14H2,1H3;4-6,10H,2-3,7H2,1H3;4-6,11H,2-3,7,14H2,1H3;1-7H,15H2;1-3H,9H2,(H,10,11);5-6H,2-4H2,1H3;1H/t18-;10-;11-;;;5-;/m000..1./s1. The molecule has 4 fully saturated rings. The maximum Gasteiger partial charge on any atom is 0.335 e. The van der Waals surface area contributed by atoms with Crippen LogP contribution in [0.1, 0.15) is 67.1 Å². The fourth-order valence-electron chi connectivity index (χ4n) is 10.9. The first-order chi connectivity index (χ1) is 49.3. The van der Waals surface area contributed by atoms with Crippen molar-refractivity contribution in [3.8, 4) is 22.3 Å². The van der Waals surface area contributed by atoms with Crippen molar-refractivity contribution in [2.75, 3.05) is 103 Å². The highest BCUT2D eigenvalue weighted by Gasteiger charge is 2.31. The normalized spacial score (nSPS) is 16.6. The lowest BCUT2D eigenvalue weighted by molar-refractivity contribution is 0.0693. The van der Waals surface area contributed by atoms with E-state index in [4.69, 9.17) is 98.3 Å². The number of carbonyl (C=O) groups excluding carboxylic acids is 3. The van der Waals surface area contributed by atoms with E-state index >= 15 is 0 Å². The molecule has 4 atom stereocenters. The van der Waals surface area contributed by atoms with Gasteiger partial charge in [-0.15, -0.1) is 12.4 Å². The van der Waals surface area contributed by atoms with Gasteiger partial charge in [0.1, 0.15) is 23.3 Å². The molecule has 0 saturated carbocycles. The smallest absolute Gasteiger partial charge is 0.335 e. The van der Waals surface area contributed by atoms with Crippen molar-refractivity contribution in [2.24, 2.45) is 0 Å². The summed E-state index contributed by atoms with van der Waals surface area (Å²) in [5.41, 5.74) is 19.2. The number of benzene rings is 8. The number of amides is 3. The van der Waals surface area contributed by atoms with E-state index in [1.807, 2.05) is 6.07 Å². The highest BCUT2D eigenvalue weighted by Crippen LogP contribution is 2.33. The van der Waals surface area contributed by atoms with Gasteiger partial charge in [-0.05, 0) is 128 Å². The zero-order valence-electron chi connectivity index (χ0n) is 56.9. The minimum absolute atomic E-state index is 0. The van der Waals surface area contributed by atoms with E-state index in [-0.39, 0.29) is 90.3 Å². The highest BCUT2D eigenvalue weighted by molar-refractivity contribution is 8.13. The summed E-state index contributed by atoms with van der Waals surface area (Å²) in [7, 11) is 3.58. The molecule has 0 unspecified atom stereocenters. The fourth-order valence-corrected chi connectivity index (χ4v) is 13.9. The van der Waals surface area contributed by atoms with Gasteiger partial charge in [-0.25, -0.2) is 39.2 Å². The van der Waals surface area contributed by atoms with Gasteiger partial charge in [-0.3, -0.25) is 19.1 Å². The van der Waals surface area contributed by atoms with Crippen LogP contribution in [0.3, 0.4) is 0 Å². The summed E-state index contributed by atoms with van der Waals surface area (Å²) in [4.78, 5) is 52.2. The Hall–Kier alpha value is -8.00. The number of carboxylic acid groups (broad SMARTS) is 1. The number of rotatable bonds is 14. The quantitative estimate of drug-likeness (QED) is 0.0335. The Morgan fingerprint density at radius 3 is 1.25 bits per heavy atom. The number of methoxy groups -OCH3 is 4. The number of ether oxygens (including phenoxy) is 4. The van der Waals surface area contributed by atoms with E-state index in [0.717, 1.165) is 44.1 Å². The molecule has 21 nitrogen and oxygen atoms in total. The maximum absolute atomic E-state index is 14.5. The zero-order chi connectivity index (χ0) is 76.2. The lowest BCUT2D eigenvalue weighted by Gasteiger charge is -2.17. The van der Waals surface area contributed by atoms with Gasteiger partial charge in [0.2, 0.25) is 0 Å². The second-order valence-corrected chi connectivity index (χ2v) is 29.7. The number of nitrogens with two attached hydrogens (primary N) is 3. The van der Waals surface area contributed by atoms with Crippen molar-refractivity contribution in [1.29, 1.82) is 0 Å². The summed E-state index contributed by atoms with van der Waals surface area (Å²) in [6.07, 6.45) is 4.01. The number of sulfonamides is 1. The molecule has 0 aromatic heterocycles. The Kier molecular flexibility index (Phi) is 32.8. The van der Waals surface area contributed by atoms with Crippen LogP contribution >= 0.6 is 69.5 Å². The van der Waals surface area contributed by atoms with Gasteiger partial charge in [0.15, 0.2) is 0 Å². The van der Waals surface area contributed by atoms with Crippen LogP contribution in [0.25, 0.3) is 22.3 Å². The molecule has 0 radical (unpaired) electrons. The number of hydrogen-bond acceptors (Lipinski definition) is 16. The molecule has 564 valence electrons. The van der Waals surface area contributed by atoms with Crippen LogP contribution in [-0.4, -0.2) is 166 Å². The van der Waals surface area contributed by atoms with E-state index < -0.39 is 59.9 Å². The summed E-state index contributed by atoms with van der Waals surface area (Å²) >= 11 is 23.4. The van der Waals surface area contributed by atoms with Gasteiger partial charge in [0.05, 0.1) is 51.1 Å². The number of carboxylic acids is 1. The first-order valence-electron chi connectivity index (χ1n) is 31.8. The summed E-state index contributed by atoms with van der Waals surface area (Å²) in [5.74, 6) is -4.99. The van der Waals surface area contributed by atoms with Crippen molar-refractivity contribution in [1.82, 2.24) is 20.0 Å². The van der Waals surface area contributed by atoms with Crippen molar-refractivity contribution in [3.05, 3.63) is 223 Å². The predicted octanol–water partition coefficient (Wildman–Crippen LogP) is 14.1. The molecule has 9 N–H and O–H groups in total. The lowest BCUT2D eigenvalue weighted by atomic mass is 10.0. The van der Waals surface area contributed by atoms with E-state index in [0.29, 0.717) is 102 Å². The van der Waals surface area contributed by atoms with Gasteiger partial charge < -0.3 is 61.3 Å². The Labute approximate surface area is 636 Å². The Morgan fingerprint density at radius 2 is 0.867 bits per heavy atom. The van der Waals surface area contributed by atoms with Crippen LogP contribution in [0.2, 0.25) is 20.1 Å². The molecule has 8 aromatic carbocycles. The number of nitrogens with one attached hydrogen (secondary N) is 2. The molecular weight excluding hydrogens is 1540 g/mol. The summed E-state index contributed by atoms with van der Waals surface area (Å²) in [6, 6.07) is 37.7. The van der Waals surface area contributed by atoms with Crippen molar-refractivity contribution < 1.29 is 77.6 Å². The second kappa shape index (κ2) is 40.1. The minimum Gasteiger partial charge on any atom is -0.478 e. The van der Waals surface area contributed by atoms with Gasteiger partial charge in [-0.1, -0.05) is 107 Å². The lowest BCUT2D eigenvalue weighted by Crippen LogP contribution is -2.30. The zero-order valence-corrected chi connectivity index (χ0v) is 63.1. The summed E-state index contributed by atoms with van der Waals surface area (Å²) in [5, 5.41) is 12.7. The SMILES string of the molecule is CO[C@@H]1CCNC1.CO[C@H]1CCN(C(=O)c2cc(Cl)cc(S(=O)(=O)Cl)c2)C1.CO[C@H]1CCN(C(=O)c2cc(Cl)cc(S(=O)(=O)Nc3cc(-c4ccccc4)c(F)cc3F)c2)C1.CO[C@H]1CCN(C(=O)c2cc(N)cc(Cl)c2)C1.Cl.Nc1cc(-c2ccccc2)c(F)cc1F.Nc1cc(Cl)cc(C(=O)O)c1. The number of aromatic carboxylic acids is 1. The Morgan fingerprint density at radius 1 is 0.486 bits per heavy atom. The maximum atomic E-state index is 14.5. The van der Waals surface area contributed by atoms with E-state index in [1.54, 1.807) is 116 Å². The van der Waals surface area contributed by atoms with Gasteiger partial charge in [0.25, 0.3) is 36.8 Å². The molecule has 4 aliphatic heterocycles. The average molecular weight is 1610 g/mol. The van der Waals surface area contributed by atoms with Crippen LogP contribution in [0.5, 0.6) is 0 Å². The summed E-state index contributed by atoms with van der Waals surface area (Å²) in [6.45, 7) is 5.39. The molecule has 0 bridgehead atoms. The topological polar surface area (TPSA) is 306 Å². The predicted molar refractivity (Wildman–Crippen MR) is 403 cm³/mol. The number of hydrogen-bond donors (Lipinski definition) is 6. The average Bonchev–Trinajstić information content (AvgIpc) is 1.78. The molecule has 0 spiro atoms. The third kappa shape index (κ3) is 25.3. The van der Waals surface area contributed by atoms with Crippen LogP contribution in [0, 0.1) is 23.3 Å². The number of carbonyl (C=O) groups is 4.